The first-order chi connectivity index (χ1) is 16.3. The number of carbonyl (C=O) groups is 1. The molecule has 2 N–H and O–H groups in total. The zero-order valence-corrected chi connectivity index (χ0v) is 22.1. The van der Waals surface area contributed by atoms with Crippen LogP contribution >= 0.6 is 0 Å². The number of hydrogen-bond donors (Lipinski definition) is 2. The number of carbonyl (C=O) groups excluding carboxylic acids is 1. The van der Waals surface area contributed by atoms with Crippen LogP contribution in [0.15, 0.2) is 24.3 Å². The summed E-state index contributed by atoms with van der Waals surface area (Å²) in [6.07, 6.45) is 27.0. The van der Waals surface area contributed by atoms with Gasteiger partial charge in [-0.05, 0) is 37.0 Å². The zero-order chi connectivity index (χ0) is 23.8. The minimum Gasteiger partial charge on any atom is -0.338 e. The monoisotopic (exact) mass is 458 g/mol. The van der Waals surface area contributed by atoms with Crippen LogP contribution in [0.25, 0.3) is 0 Å². The Bertz CT molecular complexity index is 555. The molecule has 0 fully saturated rings. The second-order valence-corrected chi connectivity index (χ2v) is 9.84. The molecule has 1 rings (SSSR count). The quantitative estimate of drug-likeness (QED) is 0.167. The third-order valence-corrected chi connectivity index (χ3v) is 6.60. The summed E-state index contributed by atoms with van der Waals surface area (Å²) < 4.78 is 0. The fraction of sp³-hybridized carbons (Fsp3) is 0.767. The number of unbranched alkanes of at least 4 members (excludes halogenated alkanes) is 17. The third-order valence-electron chi connectivity index (χ3n) is 6.60. The molecule has 0 aliphatic carbocycles. The molecular weight excluding hydrogens is 404 g/mol. The highest BCUT2D eigenvalue weighted by atomic mass is 16.2. The highest BCUT2D eigenvalue weighted by Crippen LogP contribution is 2.14. The zero-order valence-electron chi connectivity index (χ0n) is 22.1. The summed E-state index contributed by atoms with van der Waals surface area (Å²) in [6.45, 7) is 5.26. The van der Waals surface area contributed by atoms with Crippen molar-refractivity contribution in [1.82, 2.24) is 5.32 Å². The van der Waals surface area contributed by atoms with Gasteiger partial charge in [-0.3, -0.25) is 0 Å². The van der Waals surface area contributed by atoms with E-state index in [-0.39, 0.29) is 6.03 Å². The third kappa shape index (κ3) is 18.6. The summed E-state index contributed by atoms with van der Waals surface area (Å²) in [5, 5.41) is 5.91. The number of benzene rings is 1. The molecule has 1 aromatic carbocycles. The number of aryl methyl sites for hydroxylation is 1. The van der Waals surface area contributed by atoms with E-state index in [0.29, 0.717) is 0 Å². The van der Waals surface area contributed by atoms with Gasteiger partial charge >= 0.3 is 6.03 Å². The van der Waals surface area contributed by atoms with Crippen LogP contribution in [0.4, 0.5) is 10.5 Å². The molecule has 1 aromatic rings. The molecule has 0 aliphatic rings. The van der Waals surface area contributed by atoms with E-state index in [0.717, 1.165) is 25.1 Å². The van der Waals surface area contributed by atoms with Crippen molar-refractivity contribution in [2.75, 3.05) is 11.9 Å². The van der Waals surface area contributed by atoms with Crippen molar-refractivity contribution in [3.63, 3.8) is 0 Å². The number of nitrogens with one attached hydrogen (secondary N) is 2. The van der Waals surface area contributed by atoms with Crippen LogP contribution in [0.5, 0.6) is 0 Å². The smallest absolute Gasteiger partial charge is 0.319 e. The van der Waals surface area contributed by atoms with E-state index in [4.69, 9.17) is 0 Å². The average Bonchev–Trinajstić information content (AvgIpc) is 2.83. The first kappa shape index (κ1) is 29.5. The van der Waals surface area contributed by atoms with E-state index in [9.17, 15) is 4.79 Å². The van der Waals surface area contributed by atoms with Gasteiger partial charge in [-0.2, -0.15) is 0 Å². The Kier molecular flexibility index (Phi) is 19.9. The van der Waals surface area contributed by atoms with Crippen molar-refractivity contribution in [2.24, 2.45) is 0 Å². The van der Waals surface area contributed by atoms with Crippen LogP contribution in [-0.4, -0.2) is 12.6 Å². The average molecular weight is 459 g/mol. The second-order valence-electron chi connectivity index (χ2n) is 9.84. The van der Waals surface area contributed by atoms with Crippen molar-refractivity contribution >= 4 is 11.7 Å². The van der Waals surface area contributed by atoms with Crippen LogP contribution < -0.4 is 10.6 Å². The van der Waals surface area contributed by atoms with Crippen molar-refractivity contribution in [3.05, 3.63) is 29.8 Å². The molecule has 2 amide bonds. The molecule has 3 nitrogen and oxygen atoms in total. The summed E-state index contributed by atoms with van der Waals surface area (Å²) in [5.74, 6) is 0. The normalized spacial score (nSPS) is 11.0. The number of anilines is 1. The molecule has 0 radical (unpaired) electrons. The maximum atomic E-state index is 12.0. The van der Waals surface area contributed by atoms with Crippen molar-refractivity contribution in [2.45, 2.75) is 142 Å². The Balaban J connectivity index is 1.82. The molecule has 0 heterocycles. The fourth-order valence-corrected chi connectivity index (χ4v) is 4.36. The van der Waals surface area contributed by atoms with E-state index in [1.165, 1.54) is 121 Å². The van der Waals surface area contributed by atoms with E-state index < -0.39 is 0 Å². The highest BCUT2D eigenvalue weighted by Gasteiger charge is 2.01. The van der Waals surface area contributed by atoms with Gasteiger partial charge in [0.1, 0.15) is 0 Å². The number of hydrogen-bond acceptors (Lipinski definition) is 1. The molecule has 0 spiro atoms. The second kappa shape index (κ2) is 22.3. The predicted octanol–water partition coefficient (Wildman–Crippen LogP) is 9.80. The molecule has 0 atom stereocenters. The maximum absolute atomic E-state index is 12.0. The molecule has 0 bridgehead atoms. The Morgan fingerprint density at radius 3 is 1.45 bits per heavy atom. The van der Waals surface area contributed by atoms with Crippen LogP contribution in [0, 0.1) is 0 Å². The summed E-state index contributed by atoms with van der Waals surface area (Å²) in [5.41, 5.74) is 2.21. The Hall–Kier alpha value is -1.51. The molecule has 190 valence electrons. The van der Waals surface area contributed by atoms with Gasteiger partial charge < -0.3 is 10.6 Å². The van der Waals surface area contributed by atoms with Crippen LogP contribution in [-0.2, 0) is 6.42 Å². The molecule has 3 heteroatoms. The van der Waals surface area contributed by atoms with E-state index in [1.54, 1.807) is 0 Å². The minimum absolute atomic E-state index is 0.0900. The van der Waals surface area contributed by atoms with E-state index in [1.807, 2.05) is 12.1 Å². The first-order valence-corrected chi connectivity index (χ1v) is 14.4. The summed E-state index contributed by atoms with van der Waals surface area (Å²) in [6, 6.07) is 8.14. The van der Waals surface area contributed by atoms with Crippen molar-refractivity contribution in [3.8, 4) is 0 Å². The first-order valence-electron chi connectivity index (χ1n) is 14.4. The Morgan fingerprint density at radius 1 is 0.576 bits per heavy atom. The van der Waals surface area contributed by atoms with Crippen LogP contribution in [0.2, 0.25) is 0 Å². The van der Waals surface area contributed by atoms with Crippen LogP contribution in [0.3, 0.4) is 0 Å². The molecule has 0 saturated carbocycles. The lowest BCUT2D eigenvalue weighted by Gasteiger charge is -2.08. The lowest BCUT2D eigenvalue weighted by atomic mass is 10.0. The molecule has 0 aromatic heterocycles. The Labute approximate surface area is 205 Å². The SMILES string of the molecule is CCCCCCCCCCCCCCCCCCCNC(=O)Nc1ccc(CCCC)cc1. The number of rotatable bonds is 22. The van der Waals surface area contributed by atoms with Crippen molar-refractivity contribution < 1.29 is 4.79 Å². The molecular formula is C30H54N2O. The highest BCUT2D eigenvalue weighted by molar-refractivity contribution is 5.89. The standard InChI is InChI=1S/C30H54N2O/c1-3-5-7-8-9-10-11-12-13-14-15-16-17-18-19-20-21-27-31-30(33)32-29-25-23-28(24-26-29)22-6-4-2/h23-26H,3-22,27H2,1-2H3,(H2,31,32,33). The minimum atomic E-state index is -0.0900. The molecule has 33 heavy (non-hydrogen) atoms. The number of amides is 2. The topological polar surface area (TPSA) is 41.1 Å². The fourth-order valence-electron chi connectivity index (χ4n) is 4.36. The van der Waals surface area contributed by atoms with Gasteiger partial charge in [0, 0.05) is 12.2 Å². The number of urea groups is 1. The summed E-state index contributed by atoms with van der Waals surface area (Å²) >= 11 is 0. The van der Waals surface area contributed by atoms with E-state index >= 15 is 0 Å². The molecule has 0 saturated heterocycles. The van der Waals surface area contributed by atoms with Crippen molar-refractivity contribution in [1.29, 1.82) is 0 Å². The lowest BCUT2D eigenvalue weighted by molar-refractivity contribution is 0.252. The van der Waals surface area contributed by atoms with E-state index in [2.05, 4.69) is 36.6 Å². The maximum Gasteiger partial charge on any atom is 0.319 e. The van der Waals surface area contributed by atoms with Gasteiger partial charge in [0.05, 0.1) is 0 Å². The van der Waals surface area contributed by atoms with Gasteiger partial charge in [-0.25, -0.2) is 4.79 Å². The van der Waals surface area contributed by atoms with Gasteiger partial charge in [-0.1, -0.05) is 135 Å². The summed E-state index contributed by atoms with van der Waals surface area (Å²) in [7, 11) is 0. The predicted molar refractivity (Wildman–Crippen MR) is 146 cm³/mol. The molecule has 0 aliphatic heterocycles. The Morgan fingerprint density at radius 2 is 1.00 bits per heavy atom. The molecule has 0 unspecified atom stereocenters. The summed E-state index contributed by atoms with van der Waals surface area (Å²) in [4.78, 5) is 12.0. The largest absolute Gasteiger partial charge is 0.338 e. The van der Waals surface area contributed by atoms with Crippen LogP contribution in [0.1, 0.15) is 141 Å². The van der Waals surface area contributed by atoms with Gasteiger partial charge in [0.15, 0.2) is 0 Å². The lowest BCUT2D eigenvalue weighted by Crippen LogP contribution is -2.29. The van der Waals surface area contributed by atoms with Gasteiger partial charge in [-0.15, -0.1) is 0 Å². The van der Waals surface area contributed by atoms with Gasteiger partial charge in [0.2, 0.25) is 0 Å². The van der Waals surface area contributed by atoms with Gasteiger partial charge in [0.25, 0.3) is 0 Å².